The molecule has 1 saturated heterocycles. The first kappa shape index (κ1) is 11.9. The Morgan fingerprint density at radius 2 is 2.29 bits per heavy atom. The number of carboxylic acid groups (broad SMARTS) is 1. The maximum Gasteiger partial charge on any atom is 0.306 e. The number of aliphatic carboxylic acids is 1. The number of halogens is 1. The molecular weight excluding hydrogens is 225 g/mol. The molecule has 92 valence electrons. The number of hydrogen-bond acceptors (Lipinski definition) is 3. The van der Waals surface area contributed by atoms with Crippen molar-refractivity contribution in [2.75, 3.05) is 18.0 Å². The minimum absolute atomic E-state index is 0.225. The molecule has 4 nitrogen and oxygen atoms in total. The highest BCUT2D eigenvalue weighted by molar-refractivity contribution is 5.68. The number of aliphatic hydroxyl groups is 1. The van der Waals surface area contributed by atoms with Crippen LogP contribution in [0.25, 0.3) is 0 Å². The van der Waals surface area contributed by atoms with Gasteiger partial charge in [-0.15, -0.1) is 0 Å². The van der Waals surface area contributed by atoms with E-state index in [0.717, 1.165) is 0 Å². The van der Waals surface area contributed by atoms with Gasteiger partial charge in [0.15, 0.2) is 0 Å². The van der Waals surface area contributed by atoms with E-state index in [9.17, 15) is 14.3 Å². The minimum Gasteiger partial charge on any atom is -0.481 e. The Labute approximate surface area is 98.3 Å². The second kappa shape index (κ2) is 4.33. The highest BCUT2D eigenvalue weighted by atomic mass is 19.1. The van der Waals surface area contributed by atoms with Crippen molar-refractivity contribution >= 4 is 11.7 Å². The lowest BCUT2D eigenvalue weighted by atomic mass is 9.99. The van der Waals surface area contributed by atoms with E-state index in [1.54, 1.807) is 17.0 Å². The van der Waals surface area contributed by atoms with Gasteiger partial charge in [0.05, 0.1) is 12.0 Å². The lowest BCUT2D eigenvalue weighted by Crippen LogP contribution is -2.35. The normalized spacial score (nSPS) is 24.0. The number of nitrogens with zero attached hydrogens (tertiary/aromatic N) is 1. The van der Waals surface area contributed by atoms with Crippen LogP contribution in [0.3, 0.4) is 0 Å². The molecule has 0 aliphatic carbocycles. The summed E-state index contributed by atoms with van der Waals surface area (Å²) in [4.78, 5) is 12.4. The molecule has 1 aliphatic heterocycles. The van der Waals surface area contributed by atoms with Gasteiger partial charge >= 0.3 is 5.97 Å². The zero-order valence-electron chi connectivity index (χ0n) is 9.27. The van der Waals surface area contributed by atoms with Gasteiger partial charge in [0.1, 0.15) is 5.82 Å². The molecule has 1 fully saturated rings. The molecule has 1 atom stereocenters. The van der Waals surface area contributed by atoms with Crippen molar-refractivity contribution in [3.63, 3.8) is 0 Å². The van der Waals surface area contributed by atoms with E-state index in [1.807, 2.05) is 0 Å². The summed E-state index contributed by atoms with van der Waals surface area (Å²) >= 11 is 0. The molecule has 1 aromatic carbocycles. The standard InChI is InChI=1S/C12H14FNO3/c13-9-2-1-3-10(6-9)14-5-4-12(17,8-14)7-11(15)16/h1-3,6,17H,4-5,7-8H2,(H,15,16). The van der Waals surface area contributed by atoms with Crippen LogP contribution >= 0.6 is 0 Å². The Morgan fingerprint density at radius 1 is 1.53 bits per heavy atom. The van der Waals surface area contributed by atoms with Crippen molar-refractivity contribution in [2.45, 2.75) is 18.4 Å². The Balaban J connectivity index is 2.09. The van der Waals surface area contributed by atoms with Gasteiger partial charge in [-0.3, -0.25) is 4.79 Å². The first-order chi connectivity index (χ1) is 7.98. The van der Waals surface area contributed by atoms with E-state index in [1.165, 1.54) is 12.1 Å². The van der Waals surface area contributed by atoms with Gasteiger partial charge in [0, 0.05) is 18.8 Å². The molecule has 1 unspecified atom stereocenters. The van der Waals surface area contributed by atoms with Gasteiger partial charge in [-0.05, 0) is 24.6 Å². The Bertz CT molecular complexity index is 438. The molecule has 17 heavy (non-hydrogen) atoms. The highest BCUT2D eigenvalue weighted by Gasteiger charge is 2.38. The quantitative estimate of drug-likeness (QED) is 0.833. The van der Waals surface area contributed by atoms with Crippen LogP contribution in [0.2, 0.25) is 0 Å². The van der Waals surface area contributed by atoms with Gasteiger partial charge < -0.3 is 15.1 Å². The highest BCUT2D eigenvalue weighted by Crippen LogP contribution is 2.29. The van der Waals surface area contributed by atoms with Crippen molar-refractivity contribution in [1.29, 1.82) is 0 Å². The Hall–Kier alpha value is -1.62. The summed E-state index contributed by atoms with van der Waals surface area (Å²) in [6, 6.07) is 6.07. The van der Waals surface area contributed by atoms with Crippen LogP contribution in [0.4, 0.5) is 10.1 Å². The first-order valence-corrected chi connectivity index (χ1v) is 5.43. The number of hydrogen-bond donors (Lipinski definition) is 2. The molecule has 0 radical (unpaired) electrons. The molecule has 2 N–H and O–H groups in total. The van der Waals surface area contributed by atoms with Crippen molar-refractivity contribution in [3.05, 3.63) is 30.1 Å². The SMILES string of the molecule is O=C(O)CC1(O)CCN(c2cccc(F)c2)C1. The lowest BCUT2D eigenvalue weighted by Gasteiger charge is -2.22. The third kappa shape index (κ3) is 2.74. The van der Waals surface area contributed by atoms with E-state index in [0.29, 0.717) is 18.7 Å². The van der Waals surface area contributed by atoms with E-state index >= 15 is 0 Å². The fourth-order valence-electron chi connectivity index (χ4n) is 2.18. The topological polar surface area (TPSA) is 60.8 Å². The molecule has 1 heterocycles. The number of carboxylic acids is 1. The van der Waals surface area contributed by atoms with Crippen LogP contribution < -0.4 is 4.90 Å². The second-order valence-electron chi connectivity index (χ2n) is 4.45. The van der Waals surface area contributed by atoms with Crippen molar-refractivity contribution in [3.8, 4) is 0 Å². The third-order valence-electron chi connectivity index (χ3n) is 2.99. The van der Waals surface area contributed by atoms with Crippen molar-refractivity contribution in [1.82, 2.24) is 0 Å². The predicted octanol–water partition coefficient (Wildman–Crippen LogP) is 1.24. The van der Waals surface area contributed by atoms with Crippen molar-refractivity contribution < 1.29 is 19.4 Å². The number of β-amino-alcohol motifs (C(OH)–C–C–N with tert-alkyl or cyclic N) is 1. The van der Waals surface area contributed by atoms with E-state index in [-0.39, 0.29) is 18.8 Å². The summed E-state index contributed by atoms with van der Waals surface area (Å²) in [5.74, 6) is -1.36. The van der Waals surface area contributed by atoms with Crippen LogP contribution in [0.1, 0.15) is 12.8 Å². The number of rotatable bonds is 3. The molecule has 0 bridgehead atoms. The van der Waals surface area contributed by atoms with Gasteiger partial charge in [0.2, 0.25) is 0 Å². The molecular formula is C12H14FNO3. The smallest absolute Gasteiger partial charge is 0.306 e. The van der Waals surface area contributed by atoms with Crippen LogP contribution in [0.15, 0.2) is 24.3 Å². The Kier molecular flexibility index (Phi) is 3.02. The number of benzene rings is 1. The first-order valence-electron chi connectivity index (χ1n) is 5.43. The summed E-state index contributed by atoms with van der Waals surface area (Å²) in [7, 11) is 0. The second-order valence-corrected chi connectivity index (χ2v) is 4.45. The lowest BCUT2D eigenvalue weighted by molar-refractivity contribution is -0.141. The molecule has 1 aliphatic rings. The summed E-state index contributed by atoms with van der Waals surface area (Å²) in [6.45, 7) is 0.760. The zero-order chi connectivity index (χ0) is 12.5. The number of anilines is 1. The molecule has 1 aromatic rings. The number of carbonyl (C=O) groups is 1. The largest absolute Gasteiger partial charge is 0.481 e. The molecule has 0 saturated carbocycles. The van der Waals surface area contributed by atoms with Gasteiger partial charge in [-0.2, -0.15) is 0 Å². The maximum atomic E-state index is 13.0. The molecule has 5 heteroatoms. The summed E-state index contributed by atoms with van der Waals surface area (Å²) < 4.78 is 13.0. The molecule has 0 amide bonds. The summed E-state index contributed by atoms with van der Waals surface area (Å²) in [5.41, 5.74) is -0.538. The summed E-state index contributed by atoms with van der Waals surface area (Å²) in [6.07, 6.45) is 0.106. The van der Waals surface area contributed by atoms with E-state index < -0.39 is 11.6 Å². The van der Waals surface area contributed by atoms with Crippen LogP contribution in [-0.2, 0) is 4.79 Å². The van der Waals surface area contributed by atoms with Crippen LogP contribution in [0, 0.1) is 5.82 Å². The van der Waals surface area contributed by atoms with Gasteiger partial charge in [-0.25, -0.2) is 4.39 Å². The average molecular weight is 239 g/mol. The fraction of sp³-hybridized carbons (Fsp3) is 0.417. The predicted molar refractivity (Wildman–Crippen MR) is 60.4 cm³/mol. The Morgan fingerprint density at radius 3 is 2.94 bits per heavy atom. The zero-order valence-corrected chi connectivity index (χ0v) is 9.27. The molecule has 0 aromatic heterocycles. The average Bonchev–Trinajstić information content (AvgIpc) is 2.59. The van der Waals surface area contributed by atoms with Gasteiger partial charge in [-0.1, -0.05) is 6.07 Å². The monoisotopic (exact) mass is 239 g/mol. The molecule has 2 rings (SSSR count). The van der Waals surface area contributed by atoms with Crippen LogP contribution in [-0.4, -0.2) is 34.9 Å². The van der Waals surface area contributed by atoms with E-state index in [4.69, 9.17) is 5.11 Å². The molecule has 0 spiro atoms. The third-order valence-corrected chi connectivity index (χ3v) is 2.99. The summed E-state index contributed by atoms with van der Waals surface area (Å²) in [5, 5.41) is 18.7. The van der Waals surface area contributed by atoms with Crippen LogP contribution in [0.5, 0.6) is 0 Å². The van der Waals surface area contributed by atoms with E-state index in [2.05, 4.69) is 0 Å². The maximum absolute atomic E-state index is 13.0. The minimum atomic E-state index is -1.21. The van der Waals surface area contributed by atoms with Crippen molar-refractivity contribution in [2.24, 2.45) is 0 Å². The van der Waals surface area contributed by atoms with Gasteiger partial charge in [0.25, 0.3) is 0 Å². The fourth-order valence-corrected chi connectivity index (χ4v) is 2.18.